The number of nitrogens with one attached hydrogen (secondary N) is 3. The average Bonchev–Trinajstić information content (AvgIpc) is 3.21. The van der Waals surface area contributed by atoms with Crippen molar-refractivity contribution in [2.24, 2.45) is 20.8 Å². The molecule has 0 amide bonds. The van der Waals surface area contributed by atoms with E-state index in [4.69, 9.17) is 21.3 Å². The fraction of sp³-hybridized carbons (Fsp3) is 0.300. The van der Waals surface area contributed by atoms with E-state index in [1.807, 2.05) is 84.9 Å². The number of hydrogen-bond donors (Lipinski definition) is 3. The van der Waals surface area contributed by atoms with Gasteiger partial charge in [0.1, 0.15) is 18.1 Å². The number of benzene rings is 3. The Kier molecular flexibility index (Phi) is 7.05. The molecule has 3 aromatic carbocycles. The molecule has 3 N–H and O–H groups in total. The molecule has 38 heavy (non-hydrogen) atoms. The third-order valence-corrected chi connectivity index (χ3v) is 8.00. The molecule has 1 spiro atoms. The molecule has 1 fully saturated rings. The monoisotopic (exact) mass is 506 g/mol. The summed E-state index contributed by atoms with van der Waals surface area (Å²) in [5.41, 5.74) is 26.0. The van der Waals surface area contributed by atoms with Crippen molar-refractivity contribution in [3.8, 4) is 5.75 Å². The number of carbonyl (C=O) groups excluding carboxylic acids is 1. The average molecular weight is 507 g/mol. The molecule has 3 aromatic rings. The molecule has 1 unspecified atom stereocenters. The van der Waals surface area contributed by atoms with Crippen molar-refractivity contribution in [3.05, 3.63) is 107 Å². The molecular weight excluding hydrogens is 476 g/mol. The van der Waals surface area contributed by atoms with Crippen molar-refractivity contribution in [2.75, 3.05) is 0 Å². The Morgan fingerprint density at radius 2 is 1.42 bits per heavy atom. The summed E-state index contributed by atoms with van der Waals surface area (Å²) >= 11 is 0. The first kappa shape index (κ1) is 25.3. The molecule has 0 heterocycles. The molecule has 0 radical (unpaired) electrons. The molecule has 2 aliphatic rings. The Hall–Kier alpha value is -4.33. The maximum absolute atomic E-state index is 13.6. The first-order valence-corrected chi connectivity index (χ1v) is 12.8. The van der Waals surface area contributed by atoms with Gasteiger partial charge < -0.3 is 4.74 Å². The fourth-order valence-corrected chi connectivity index (χ4v) is 5.95. The molecule has 1 atom stereocenters. The SMILES string of the molecule is N=NC1=C(c2ccccc2)C2(CCC(Cc3ccc(OCc4ccccc4)cc3)(N=N)CC2)C(=O)C1N=N. The number of hydrogen-bond acceptors (Lipinski definition) is 8. The van der Waals surface area contributed by atoms with Crippen LogP contribution in [0.1, 0.15) is 42.4 Å². The van der Waals surface area contributed by atoms with E-state index in [-0.39, 0.29) is 11.5 Å². The van der Waals surface area contributed by atoms with E-state index < -0.39 is 17.0 Å². The summed E-state index contributed by atoms with van der Waals surface area (Å²) < 4.78 is 5.91. The van der Waals surface area contributed by atoms with E-state index in [2.05, 4.69) is 15.3 Å². The van der Waals surface area contributed by atoms with Gasteiger partial charge in [-0.2, -0.15) is 15.3 Å². The zero-order valence-corrected chi connectivity index (χ0v) is 21.1. The van der Waals surface area contributed by atoms with Gasteiger partial charge in [-0.25, -0.2) is 16.6 Å². The number of allylic oxidation sites excluding steroid dienone is 1. The molecule has 2 aliphatic carbocycles. The fourth-order valence-electron chi connectivity index (χ4n) is 5.95. The summed E-state index contributed by atoms with van der Waals surface area (Å²) in [4.78, 5) is 13.6. The second-order valence-corrected chi connectivity index (χ2v) is 10.1. The van der Waals surface area contributed by atoms with Gasteiger partial charge in [0.2, 0.25) is 0 Å². The lowest BCUT2D eigenvalue weighted by Gasteiger charge is -2.42. The summed E-state index contributed by atoms with van der Waals surface area (Å²) in [7, 11) is 0. The largest absolute Gasteiger partial charge is 0.489 e. The van der Waals surface area contributed by atoms with Crippen LogP contribution in [0.2, 0.25) is 0 Å². The summed E-state index contributed by atoms with van der Waals surface area (Å²) in [6.07, 6.45) is 2.62. The number of Topliss-reactive ketones (excluding diaryl/α,β-unsaturated/α-hetero) is 1. The molecule has 5 rings (SSSR count). The lowest BCUT2D eigenvalue weighted by molar-refractivity contribution is -0.127. The van der Waals surface area contributed by atoms with Crippen LogP contribution in [0.25, 0.3) is 5.57 Å². The van der Waals surface area contributed by atoms with Crippen LogP contribution in [0, 0.1) is 22.0 Å². The van der Waals surface area contributed by atoms with Crippen LogP contribution in [0.4, 0.5) is 0 Å². The highest BCUT2D eigenvalue weighted by Gasteiger charge is 2.57. The predicted octanol–water partition coefficient (Wildman–Crippen LogP) is 7.56. The second-order valence-electron chi connectivity index (χ2n) is 10.1. The van der Waals surface area contributed by atoms with E-state index in [1.54, 1.807) is 0 Å². The number of ketones is 1. The topological polar surface area (TPSA) is 135 Å². The Morgan fingerprint density at radius 1 is 0.789 bits per heavy atom. The lowest BCUT2D eigenvalue weighted by atomic mass is 9.61. The summed E-state index contributed by atoms with van der Waals surface area (Å²) in [6, 6.07) is 26.4. The van der Waals surface area contributed by atoms with Gasteiger partial charge in [-0.15, -0.1) is 0 Å². The van der Waals surface area contributed by atoms with Gasteiger partial charge in [0.25, 0.3) is 0 Å². The van der Waals surface area contributed by atoms with E-state index in [0.717, 1.165) is 22.4 Å². The minimum atomic E-state index is -1.05. The molecule has 0 saturated heterocycles. The third-order valence-electron chi connectivity index (χ3n) is 8.00. The molecule has 8 nitrogen and oxygen atoms in total. The van der Waals surface area contributed by atoms with Crippen molar-refractivity contribution < 1.29 is 9.53 Å². The zero-order chi connectivity index (χ0) is 26.6. The van der Waals surface area contributed by atoms with Crippen molar-refractivity contribution in [1.29, 1.82) is 16.6 Å². The van der Waals surface area contributed by atoms with Crippen molar-refractivity contribution in [1.82, 2.24) is 0 Å². The maximum atomic E-state index is 13.6. The van der Waals surface area contributed by atoms with Crippen LogP contribution < -0.4 is 4.74 Å². The first-order chi connectivity index (χ1) is 18.5. The molecule has 192 valence electrons. The number of nitrogens with zero attached hydrogens (tertiary/aromatic N) is 3. The minimum Gasteiger partial charge on any atom is -0.489 e. The zero-order valence-electron chi connectivity index (χ0n) is 21.1. The summed E-state index contributed by atoms with van der Waals surface area (Å²) in [5.74, 6) is 0.610. The van der Waals surface area contributed by atoms with Crippen molar-refractivity contribution in [3.63, 3.8) is 0 Å². The van der Waals surface area contributed by atoms with Crippen LogP contribution in [0.3, 0.4) is 0 Å². The molecule has 0 aliphatic heterocycles. The highest BCUT2D eigenvalue weighted by atomic mass is 16.5. The third kappa shape index (κ3) is 4.58. The number of carbonyl (C=O) groups is 1. The molecule has 0 aromatic heterocycles. The van der Waals surface area contributed by atoms with Crippen molar-refractivity contribution in [2.45, 2.75) is 50.3 Å². The van der Waals surface area contributed by atoms with Gasteiger partial charge in [0, 0.05) is 0 Å². The summed E-state index contributed by atoms with van der Waals surface area (Å²) in [5, 5.41) is 11.4. The van der Waals surface area contributed by atoms with E-state index >= 15 is 0 Å². The molecule has 0 bridgehead atoms. The van der Waals surface area contributed by atoms with Gasteiger partial charge >= 0.3 is 0 Å². The van der Waals surface area contributed by atoms with Crippen LogP contribution >= 0.6 is 0 Å². The van der Waals surface area contributed by atoms with Crippen LogP contribution in [-0.2, 0) is 17.8 Å². The smallest absolute Gasteiger partial charge is 0.175 e. The Balaban J connectivity index is 1.34. The molecule has 1 saturated carbocycles. The van der Waals surface area contributed by atoms with Crippen LogP contribution in [0.5, 0.6) is 5.75 Å². The number of rotatable bonds is 9. The van der Waals surface area contributed by atoms with Crippen molar-refractivity contribution >= 4 is 11.4 Å². The maximum Gasteiger partial charge on any atom is 0.175 e. The number of ether oxygens (including phenoxy) is 1. The van der Waals surface area contributed by atoms with Crippen LogP contribution in [0.15, 0.2) is 106 Å². The van der Waals surface area contributed by atoms with Gasteiger partial charge in [0.15, 0.2) is 11.8 Å². The predicted molar refractivity (Wildman–Crippen MR) is 142 cm³/mol. The normalized spacial score (nSPS) is 24.8. The van der Waals surface area contributed by atoms with E-state index in [1.165, 1.54) is 0 Å². The van der Waals surface area contributed by atoms with E-state index in [9.17, 15) is 4.79 Å². The minimum absolute atomic E-state index is 0.171. The standard InChI is InChI=1S/C30H30N6O2/c31-34-26-25(23-9-5-2-6-10-23)30(28(37)27(26)35-32)17-15-29(36-33,16-18-30)19-21-11-13-24(14-12-21)38-20-22-7-3-1-4-8-22/h1-14,27,31-33H,15-20H2. The molecule has 8 heteroatoms. The lowest BCUT2D eigenvalue weighted by Crippen LogP contribution is -2.43. The quantitative estimate of drug-likeness (QED) is 0.258. The molecular formula is C30H30N6O2. The Morgan fingerprint density at radius 3 is 2.00 bits per heavy atom. The summed E-state index contributed by atoms with van der Waals surface area (Å²) in [6.45, 7) is 0.498. The van der Waals surface area contributed by atoms with Gasteiger partial charge in [-0.05, 0) is 66.5 Å². The van der Waals surface area contributed by atoms with Gasteiger partial charge in [-0.1, -0.05) is 72.8 Å². The first-order valence-electron chi connectivity index (χ1n) is 12.8. The van der Waals surface area contributed by atoms with Gasteiger partial charge in [0.05, 0.1) is 11.0 Å². The van der Waals surface area contributed by atoms with Crippen LogP contribution in [-0.4, -0.2) is 17.4 Å². The van der Waals surface area contributed by atoms with E-state index in [0.29, 0.717) is 44.3 Å². The van der Waals surface area contributed by atoms with Gasteiger partial charge in [-0.3, -0.25) is 4.79 Å². The Bertz CT molecular complexity index is 1360. The Labute approximate surface area is 221 Å². The second kappa shape index (κ2) is 10.6. The highest BCUT2D eigenvalue weighted by molar-refractivity contribution is 6.09. The highest BCUT2D eigenvalue weighted by Crippen LogP contribution is 2.57.